The van der Waals surface area contributed by atoms with Gasteiger partial charge in [0.25, 0.3) is 0 Å². The molecule has 3 aromatic heterocycles. The molecule has 5 nitrogen and oxygen atoms in total. The lowest BCUT2D eigenvalue weighted by molar-refractivity contribution is 0.153. The fourth-order valence-corrected chi connectivity index (χ4v) is 6.72. The fourth-order valence-electron chi connectivity index (χ4n) is 5.26. The maximum absolute atomic E-state index is 4.89. The number of fused-ring (bicyclic) bond motifs is 2. The van der Waals surface area contributed by atoms with Gasteiger partial charge in [-0.05, 0) is 82.2 Å². The molecule has 188 valence electrons. The number of imidazole rings is 1. The molecule has 1 unspecified atom stereocenters. The molecule has 0 aliphatic heterocycles. The van der Waals surface area contributed by atoms with Gasteiger partial charge >= 0.3 is 0 Å². The Kier molecular flexibility index (Phi) is 7.46. The second kappa shape index (κ2) is 11.3. The molecule has 7 heteroatoms. The van der Waals surface area contributed by atoms with Crippen LogP contribution in [0.1, 0.15) is 52.0 Å². The van der Waals surface area contributed by atoms with Crippen LogP contribution >= 0.6 is 27.3 Å². The first-order chi connectivity index (χ1) is 18.2. The summed E-state index contributed by atoms with van der Waals surface area (Å²) in [6, 6.07) is 26.2. The van der Waals surface area contributed by atoms with Crippen LogP contribution in [-0.4, -0.2) is 19.9 Å². The molecule has 1 aliphatic carbocycles. The second-order valence-electron chi connectivity index (χ2n) is 9.69. The molecule has 0 bridgehead atoms. The predicted octanol–water partition coefficient (Wildman–Crippen LogP) is 7.15. The van der Waals surface area contributed by atoms with Crippen molar-refractivity contribution in [3.8, 4) is 0 Å². The first-order valence-corrected chi connectivity index (χ1v) is 14.5. The Morgan fingerprint density at radius 1 is 0.946 bits per heavy atom. The van der Waals surface area contributed by atoms with Gasteiger partial charge in [0.1, 0.15) is 5.82 Å². The van der Waals surface area contributed by atoms with Crippen LogP contribution in [0.4, 0.5) is 0 Å². The van der Waals surface area contributed by atoms with E-state index in [1.54, 1.807) is 11.3 Å². The summed E-state index contributed by atoms with van der Waals surface area (Å²) < 4.78 is 1.18. The normalized spacial score (nSPS) is 15.4. The van der Waals surface area contributed by atoms with E-state index in [2.05, 4.69) is 97.9 Å². The van der Waals surface area contributed by atoms with Crippen LogP contribution in [-0.2, 0) is 32.6 Å². The van der Waals surface area contributed by atoms with Gasteiger partial charge in [0.2, 0.25) is 0 Å². The summed E-state index contributed by atoms with van der Waals surface area (Å²) in [5, 5.41) is 3.56. The second-order valence-corrected chi connectivity index (χ2v) is 12.2. The van der Waals surface area contributed by atoms with Crippen LogP contribution in [0.2, 0.25) is 0 Å². The molecular weight excluding hydrogens is 542 g/mol. The van der Waals surface area contributed by atoms with E-state index in [9.17, 15) is 0 Å². The number of para-hydroxylation sites is 2. The van der Waals surface area contributed by atoms with E-state index < -0.39 is 0 Å². The lowest BCUT2D eigenvalue weighted by Gasteiger charge is -2.34. The van der Waals surface area contributed by atoms with Crippen molar-refractivity contribution in [2.45, 2.75) is 51.5 Å². The van der Waals surface area contributed by atoms with E-state index in [0.29, 0.717) is 0 Å². The average molecular weight is 573 g/mol. The molecule has 2 N–H and O–H groups in total. The summed E-state index contributed by atoms with van der Waals surface area (Å²) in [6.07, 6.45) is 5.35. The zero-order valence-corrected chi connectivity index (χ0v) is 23.1. The highest BCUT2D eigenvalue weighted by molar-refractivity contribution is 9.11. The molecule has 1 aliphatic rings. The van der Waals surface area contributed by atoms with Crippen molar-refractivity contribution >= 4 is 38.3 Å². The number of hydrogen-bond donors (Lipinski definition) is 2. The van der Waals surface area contributed by atoms with E-state index in [0.717, 1.165) is 55.9 Å². The fraction of sp³-hybridized carbons (Fsp3) is 0.267. The lowest BCUT2D eigenvalue weighted by atomic mass is 9.90. The molecule has 5 aromatic rings. The molecular formula is C30H30BrN5S. The van der Waals surface area contributed by atoms with Crippen LogP contribution in [0.15, 0.2) is 82.8 Å². The van der Waals surface area contributed by atoms with E-state index in [1.807, 2.05) is 12.3 Å². The number of rotatable bonds is 9. The summed E-state index contributed by atoms with van der Waals surface area (Å²) in [5.41, 5.74) is 7.33. The Hall–Kier alpha value is -2.84. The largest absolute Gasteiger partial charge is 0.341 e. The number of benzene rings is 2. The van der Waals surface area contributed by atoms with Crippen molar-refractivity contribution in [2.75, 3.05) is 0 Å². The first-order valence-electron chi connectivity index (χ1n) is 12.9. The number of halogens is 1. The molecule has 6 rings (SSSR count). The van der Waals surface area contributed by atoms with Crippen LogP contribution in [0, 0.1) is 0 Å². The minimum Gasteiger partial charge on any atom is -0.341 e. The average Bonchev–Trinajstić information content (AvgIpc) is 3.54. The summed E-state index contributed by atoms with van der Waals surface area (Å²) in [7, 11) is 0. The third-order valence-electron chi connectivity index (χ3n) is 7.06. The molecule has 37 heavy (non-hydrogen) atoms. The van der Waals surface area contributed by atoms with E-state index in [-0.39, 0.29) is 6.04 Å². The maximum Gasteiger partial charge on any atom is 0.121 e. The highest BCUT2D eigenvalue weighted by Crippen LogP contribution is 2.34. The number of aromatic amines is 1. The van der Waals surface area contributed by atoms with E-state index >= 15 is 0 Å². The molecule has 0 amide bonds. The van der Waals surface area contributed by atoms with Crippen LogP contribution in [0.25, 0.3) is 11.0 Å². The standard InChI is InChI=1S/C30H30BrN5S/c31-28-15-14-24(37-28)18-32-17-21-10-12-22(13-11-21)19-36(20-29-34-25-7-1-2-8-26(25)35-29)27-9-3-5-23-6-4-16-33-30(23)27/h1-2,4,6-8,10-16,27,32H,3,5,9,17-20H2,(H,34,35). The number of H-pyrrole nitrogens is 1. The van der Waals surface area contributed by atoms with Crippen molar-refractivity contribution in [1.82, 2.24) is 25.2 Å². The Morgan fingerprint density at radius 3 is 2.65 bits per heavy atom. The summed E-state index contributed by atoms with van der Waals surface area (Å²) in [5.74, 6) is 1.00. The Morgan fingerprint density at radius 2 is 1.81 bits per heavy atom. The Bertz CT molecular complexity index is 1440. The van der Waals surface area contributed by atoms with E-state index in [1.165, 1.54) is 37.5 Å². The third kappa shape index (κ3) is 5.85. The van der Waals surface area contributed by atoms with Gasteiger partial charge in [0.15, 0.2) is 0 Å². The maximum atomic E-state index is 4.89. The first kappa shape index (κ1) is 24.5. The van der Waals surface area contributed by atoms with Crippen molar-refractivity contribution in [3.05, 3.63) is 116 Å². The number of thiophene rings is 1. The van der Waals surface area contributed by atoms with Crippen molar-refractivity contribution < 1.29 is 0 Å². The Balaban J connectivity index is 1.19. The number of pyridine rings is 1. The summed E-state index contributed by atoms with van der Waals surface area (Å²) >= 11 is 5.32. The summed E-state index contributed by atoms with van der Waals surface area (Å²) in [4.78, 5) is 17.2. The number of nitrogens with zero attached hydrogens (tertiary/aromatic N) is 3. The molecule has 0 fully saturated rings. The molecule has 3 heterocycles. The molecule has 0 saturated carbocycles. The topological polar surface area (TPSA) is 56.8 Å². The van der Waals surface area contributed by atoms with Gasteiger partial charge in [0.05, 0.1) is 33.1 Å². The van der Waals surface area contributed by atoms with Gasteiger partial charge in [-0.2, -0.15) is 0 Å². The number of hydrogen-bond acceptors (Lipinski definition) is 5. The van der Waals surface area contributed by atoms with Gasteiger partial charge in [-0.25, -0.2) is 4.98 Å². The molecule has 0 radical (unpaired) electrons. The molecule has 0 spiro atoms. The SMILES string of the molecule is Brc1ccc(CNCc2ccc(CN(Cc3nc4ccccc4[nH]3)C3CCCc4cccnc43)cc2)s1. The van der Waals surface area contributed by atoms with Crippen LogP contribution in [0.3, 0.4) is 0 Å². The Labute approximate surface area is 230 Å². The number of aryl methyl sites for hydroxylation is 1. The molecule has 0 saturated heterocycles. The minimum absolute atomic E-state index is 0.282. The smallest absolute Gasteiger partial charge is 0.121 e. The van der Waals surface area contributed by atoms with Gasteiger partial charge < -0.3 is 10.3 Å². The quantitative estimate of drug-likeness (QED) is 0.197. The monoisotopic (exact) mass is 571 g/mol. The highest BCUT2D eigenvalue weighted by Gasteiger charge is 2.28. The van der Waals surface area contributed by atoms with Gasteiger partial charge in [-0.1, -0.05) is 42.5 Å². The van der Waals surface area contributed by atoms with Crippen LogP contribution in [0.5, 0.6) is 0 Å². The summed E-state index contributed by atoms with van der Waals surface area (Å²) in [6.45, 7) is 3.36. The zero-order chi connectivity index (χ0) is 25.0. The highest BCUT2D eigenvalue weighted by atomic mass is 79.9. The predicted molar refractivity (Wildman–Crippen MR) is 154 cm³/mol. The van der Waals surface area contributed by atoms with Gasteiger partial charge in [0, 0.05) is 30.7 Å². The van der Waals surface area contributed by atoms with Gasteiger partial charge in [-0.3, -0.25) is 9.88 Å². The third-order valence-corrected chi connectivity index (χ3v) is 8.69. The zero-order valence-electron chi connectivity index (χ0n) is 20.7. The number of nitrogens with one attached hydrogen (secondary N) is 2. The lowest BCUT2D eigenvalue weighted by Crippen LogP contribution is -2.31. The molecule has 1 atom stereocenters. The minimum atomic E-state index is 0.282. The molecule has 2 aromatic carbocycles. The van der Waals surface area contributed by atoms with Crippen molar-refractivity contribution in [2.24, 2.45) is 0 Å². The van der Waals surface area contributed by atoms with Crippen molar-refractivity contribution in [3.63, 3.8) is 0 Å². The number of aromatic nitrogens is 3. The van der Waals surface area contributed by atoms with Crippen LogP contribution < -0.4 is 5.32 Å². The van der Waals surface area contributed by atoms with E-state index in [4.69, 9.17) is 9.97 Å². The van der Waals surface area contributed by atoms with Gasteiger partial charge in [-0.15, -0.1) is 11.3 Å². The van der Waals surface area contributed by atoms with Crippen molar-refractivity contribution in [1.29, 1.82) is 0 Å².